The molecule has 0 saturated carbocycles. The van der Waals surface area contributed by atoms with Gasteiger partial charge in [-0.05, 0) is 56.3 Å². The molecule has 1 aliphatic heterocycles. The smallest absolute Gasteiger partial charge is 0.335 e. The van der Waals surface area contributed by atoms with Crippen molar-refractivity contribution in [2.45, 2.75) is 24.8 Å². The molecule has 0 spiro atoms. The lowest BCUT2D eigenvalue weighted by Crippen LogP contribution is -2.39. The second-order valence-corrected chi connectivity index (χ2v) is 8.49. The Labute approximate surface area is 187 Å². The van der Waals surface area contributed by atoms with Crippen molar-refractivity contribution in [2.75, 3.05) is 13.1 Å². The maximum Gasteiger partial charge on any atom is 0.335 e. The van der Waals surface area contributed by atoms with Crippen molar-refractivity contribution in [3.63, 3.8) is 0 Å². The van der Waals surface area contributed by atoms with Gasteiger partial charge in [-0.1, -0.05) is 5.16 Å². The normalized spacial score (nSPS) is 16.4. The van der Waals surface area contributed by atoms with Crippen LogP contribution in [0.3, 0.4) is 0 Å². The van der Waals surface area contributed by atoms with Gasteiger partial charge < -0.3 is 19.3 Å². The first-order valence-corrected chi connectivity index (χ1v) is 10.7. The van der Waals surface area contributed by atoms with Crippen LogP contribution in [0.1, 0.15) is 46.4 Å². The summed E-state index contributed by atoms with van der Waals surface area (Å²) in [7, 11) is 1.82. The summed E-state index contributed by atoms with van der Waals surface area (Å²) in [4.78, 5) is 25.7. The topological polar surface area (TPSA) is 109 Å². The van der Waals surface area contributed by atoms with Crippen LogP contribution < -0.4 is 0 Å². The van der Waals surface area contributed by atoms with Crippen LogP contribution in [0.2, 0.25) is 0 Å². The number of likely N-dealkylation sites (tertiary alicyclic amines) is 1. The number of rotatable bonds is 5. The number of aryl methyl sites for hydroxylation is 1. The Bertz CT molecular complexity index is 1380. The number of hydrogen-bond acceptors (Lipinski definition) is 5. The maximum absolute atomic E-state index is 13.5. The van der Waals surface area contributed by atoms with Gasteiger partial charge in [0.2, 0.25) is 0 Å². The highest BCUT2D eigenvalue weighted by molar-refractivity contribution is 5.96. The van der Waals surface area contributed by atoms with Crippen molar-refractivity contribution in [1.82, 2.24) is 14.6 Å². The lowest BCUT2D eigenvalue weighted by atomic mass is 9.90. The first-order chi connectivity index (χ1) is 15.8. The van der Waals surface area contributed by atoms with Crippen molar-refractivity contribution in [3.8, 4) is 0 Å². The molecule has 9 heteroatoms. The largest absolute Gasteiger partial charge is 0.480 e. The number of aliphatic carboxylic acids is 1. The highest BCUT2D eigenvalue weighted by Gasteiger charge is 2.34. The van der Waals surface area contributed by atoms with Gasteiger partial charge in [-0.3, -0.25) is 9.69 Å². The summed E-state index contributed by atoms with van der Waals surface area (Å²) in [5, 5.41) is 25.1. The summed E-state index contributed by atoms with van der Waals surface area (Å²) < 4.78 is 20.6. The van der Waals surface area contributed by atoms with Gasteiger partial charge in [0.1, 0.15) is 11.9 Å². The summed E-state index contributed by atoms with van der Waals surface area (Å²) in [5.74, 6) is -2.35. The molecule has 3 heterocycles. The van der Waals surface area contributed by atoms with Crippen molar-refractivity contribution in [1.29, 1.82) is 0 Å². The first-order valence-electron chi connectivity index (χ1n) is 10.7. The molecule has 0 bridgehead atoms. The van der Waals surface area contributed by atoms with Gasteiger partial charge in [0.05, 0.1) is 11.3 Å². The number of benzene rings is 2. The summed E-state index contributed by atoms with van der Waals surface area (Å²) >= 11 is 0. The van der Waals surface area contributed by atoms with Crippen LogP contribution >= 0.6 is 0 Å². The lowest BCUT2D eigenvalue weighted by molar-refractivity contribution is -0.144. The molecule has 1 fully saturated rings. The molecule has 33 heavy (non-hydrogen) atoms. The second-order valence-electron chi connectivity index (χ2n) is 8.49. The van der Waals surface area contributed by atoms with Crippen LogP contribution in [0.15, 0.2) is 47.1 Å². The van der Waals surface area contributed by atoms with Gasteiger partial charge in [0.25, 0.3) is 0 Å². The van der Waals surface area contributed by atoms with Crippen molar-refractivity contribution in [3.05, 3.63) is 65.2 Å². The molecule has 2 aromatic heterocycles. The van der Waals surface area contributed by atoms with Crippen molar-refractivity contribution >= 4 is 33.8 Å². The molecule has 170 valence electrons. The zero-order chi connectivity index (χ0) is 23.3. The van der Waals surface area contributed by atoms with E-state index in [1.165, 1.54) is 24.3 Å². The van der Waals surface area contributed by atoms with Gasteiger partial charge in [-0.2, -0.15) is 0 Å². The van der Waals surface area contributed by atoms with E-state index in [0.717, 1.165) is 16.6 Å². The molecule has 1 saturated heterocycles. The van der Waals surface area contributed by atoms with Crippen molar-refractivity contribution in [2.24, 2.45) is 7.05 Å². The summed E-state index contributed by atoms with van der Waals surface area (Å²) in [6.07, 6.45) is 3.11. The number of aromatic nitrogens is 2. The average molecular weight is 451 g/mol. The fraction of sp³-hybridized carbons (Fsp3) is 0.292. The number of carboxylic acids is 2. The van der Waals surface area contributed by atoms with E-state index in [0.29, 0.717) is 42.5 Å². The van der Waals surface area contributed by atoms with E-state index in [1.54, 1.807) is 18.3 Å². The number of piperidine rings is 1. The molecule has 4 aromatic rings. The number of carbonyl (C=O) groups is 2. The van der Waals surface area contributed by atoms with E-state index in [-0.39, 0.29) is 17.3 Å². The van der Waals surface area contributed by atoms with E-state index in [2.05, 4.69) is 5.16 Å². The fourth-order valence-electron chi connectivity index (χ4n) is 4.92. The Balaban J connectivity index is 1.43. The standard InChI is InChI=1S/C24H22FN3O5/c1-27-12-18(17-10-14(23(29)30)2-5-19(17)27)22(24(31)32)28-8-6-13(7-9-28)21-16-4-3-15(25)11-20(16)33-26-21/h2-5,10-13,22H,6-9H2,1H3,(H,29,30)(H,31,32). The van der Waals surface area contributed by atoms with E-state index in [9.17, 15) is 24.2 Å². The first kappa shape index (κ1) is 21.1. The third-order valence-electron chi connectivity index (χ3n) is 6.54. The van der Waals surface area contributed by atoms with Crippen LogP contribution in [0, 0.1) is 5.82 Å². The molecule has 2 N–H and O–H groups in total. The summed E-state index contributed by atoms with van der Waals surface area (Å²) in [6, 6.07) is 8.21. The lowest BCUT2D eigenvalue weighted by Gasteiger charge is -2.35. The Morgan fingerprint density at radius 3 is 2.58 bits per heavy atom. The maximum atomic E-state index is 13.5. The van der Waals surface area contributed by atoms with Gasteiger partial charge >= 0.3 is 11.9 Å². The molecule has 8 nitrogen and oxygen atoms in total. The minimum Gasteiger partial charge on any atom is -0.480 e. The Morgan fingerprint density at radius 1 is 1.12 bits per heavy atom. The third-order valence-corrected chi connectivity index (χ3v) is 6.54. The van der Waals surface area contributed by atoms with Crippen LogP contribution in [0.4, 0.5) is 4.39 Å². The summed E-state index contributed by atoms with van der Waals surface area (Å²) in [6.45, 7) is 1.04. The molecular formula is C24H22FN3O5. The second kappa shape index (κ2) is 8.00. The highest BCUT2D eigenvalue weighted by atomic mass is 19.1. The van der Waals surface area contributed by atoms with Crippen molar-refractivity contribution < 1.29 is 28.7 Å². The average Bonchev–Trinajstić information content (AvgIpc) is 3.35. The SMILES string of the molecule is Cn1cc(C(C(=O)O)N2CCC(c3noc4cc(F)ccc34)CC2)c2cc(C(=O)O)ccc21. The molecule has 1 unspecified atom stereocenters. The zero-order valence-electron chi connectivity index (χ0n) is 17.9. The molecule has 2 aromatic carbocycles. The quantitative estimate of drug-likeness (QED) is 0.469. The zero-order valence-corrected chi connectivity index (χ0v) is 17.9. The Kier molecular flexibility index (Phi) is 5.13. The Morgan fingerprint density at radius 2 is 1.88 bits per heavy atom. The predicted octanol–water partition coefficient (Wildman–Crippen LogP) is 4.16. The minimum atomic E-state index is -1.06. The minimum absolute atomic E-state index is 0.0773. The number of carboxylic acid groups (broad SMARTS) is 2. The summed E-state index contributed by atoms with van der Waals surface area (Å²) in [5.41, 5.74) is 2.64. The van der Waals surface area contributed by atoms with E-state index < -0.39 is 18.0 Å². The van der Waals surface area contributed by atoms with E-state index in [4.69, 9.17) is 4.52 Å². The number of halogens is 1. The van der Waals surface area contributed by atoms with Gasteiger partial charge in [0, 0.05) is 47.1 Å². The van der Waals surface area contributed by atoms with Crippen LogP contribution in [0.25, 0.3) is 21.9 Å². The molecule has 5 rings (SSSR count). The number of hydrogen-bond donors (Lipinski definition) is 2. The number of nitrogens with zero attached hydrogens (tertiary/aromatic N) is 3. The van der Waals surface area contributed by atoms with E-state index >= 15 is 0 Å². The van der Waals surface area contributed by atoms with Gasteiger partial charge in [-0.15, -0.1) is 0 Å². The highest BCUT2D eigenvalue weighted by Crippen LogP contribution is 2.37. The Hall–Kier alpha value is -3.72. The molecule has 0 radical (unpaired) electrons. The van der Waals surface area contributed by atoms with Crippen LogP contribution in [-0.4, -0.2) is 49.9 Å². The monoisotopic (exact) mass is 451 g/mol. The fourth-order valence-corrected chi connectivity index (χ4v) is 4.92. The van der Waals surface area contributed by atoms with Gasteiger partial charge in [0.15, 0.2) is 5.58 Å². The molecule has 0 aliphatic carbocycles. The predicted molar refractivity (Wildman–Crippen MR) is 118 cm³/mol. The molecule has 1 atom stereocenters. The molecule has 0 amide bonds. The number of aromatic carboxylic acids is 1. The molecular weight excluding hydrogens is 429 g/mol. The molecule has 1 aliphatic rings. The van der Waals surface area contributed by atoms with Crippen LogP contribution in [-0.2, 0) is 11.8 Å². The van der Waals surface area contributed by atoms with Gasteiger partial charge in [-0.25, -0.2) is 9.18 Å². The van der Waals surface area contributed by atoms with Crippen LogP contribution in [0.5, 0.6) is 0 Å². The van der Waals surface area contributed by atoms with E-state index in [1.807, 2.05) is 16.5 Å². The third kappa shape index (κ3) is 3.64. The number of fused-ring (bicyclic) bond motifs is 2.